The number of hydrogen-bond acceptors (Lipinski definition) is 2. The molecule has 3 heteroatoms. The molecule has 1 aromatic rings. The molecule has 0 N–H and O–H groups in total. The molecule has 2 nitrogen and oxygen atoms in total. The molecule has 2 heterocycles. The van der Waals surface area contributed by atoms with Gasteiger partial charge in [0.2, 0.25) is 0 Å². The van der Waals surface area contributed by atoms with E-state index in [2.05, 4.69) is 43.9 Å². The Morgan fingerprint density at radius 3 is 2.19 bits per heavy atom. The SMILES string of the molecule is C[Si](C)(C)C1OC1[C@H]1O[C@@H]1c1ccccc1. The van der Waals surface area contributed by atoms with E-state index in [1.54, 1.807) is 0 Å². The quantitative estimate of drug-likeness (QED) is 0.593. The predicted octanol–water partition coefficient (Wildman–Crippen LogP) is 2.77. The molecule has 2 saturated heterocycles. The molecule has 0 aromatic heterocycles. The van der Waals surface area contributed by atoms with Gasteiger partial charge in [0.1, 0.15) is 18.3 Å². The highest BCUT2D eigenvalue weighted by atomic mass is 28.3. The largest absolute Gasteiger partial charge is 0.370 e. The maximum Gasteiger partial charge on any atom is 0.117 e. The summed E-state index contributed by atoms with van der Waals surface area (Å²) in [5.41, 5.74) is 1.79. The molecular weight excluding hydrogens is 216 g/mol. The van der Waals surface area contributed by atoms with E-state index < -0.39 is 8.07 Å². The Balaban J connectivity index is 1.63. The lowest BCUT2D eigenvalue weighted by Crippen LogP contribution is -2.31. The zero-order chi connectivity index (χ0) is 11.3. The summed E-state index contributed by atoms with van der Waals surface area (Å²) in [5.74, 6) is 0. The van der Waals surface area contributed by atoms with E-state index in [-0.39, 0.29) is 6.10 Å². The van der Waals surface area contributed by atoms with Crippen LogP contribution in [0.5, 0.6) is 0 Å². The van der Waals surface area contributed by atoms with Gasteiger partial charge in [-0.3, -0.25) is 0 Å². The van der Waals surface area contributed by atoms with Crippen molar-refractivity contribution in [2.75, 3.05) is 0 Å². The van der Waals surface area contributed by atoms with Crippen molar-refractivity contribution in [3.05, 3.63) is 35.9 Å². The van der Waals surface area contributed by atoms with Gasteiger partial charge in [0.05, 0.1) is 13.8 Å². The summed E-state index contributed by atoms with van der Waals surface area (Å²) < 4.78 is 11.5. The average molecular weight is 234 g/mol. The zero-order valence-electron chi connectivity index (χ0n) is 10.0. The van der Waals surface area contributed by atoms with Gasteiger partial charge in [0.25, 0.3) is 0 Å². The Labute approximate surface area is 97.6 Å². The molecule has 0 spiro atoms. The molecule has 4 atom stereocenters. The predicted molar refractivity (Wildman–Crippen MR) is 66.1 cm³/mol. The van der Waals surface area contributed by atoms with Gasteiger partial charge < -0.3 is 9.47 Å². The van der Waals surface area contributed by atoms with Gasteiger partial charge in [0, 0.05) is 0 Å². The van der Waals surface area contributed by atoms with E-state index >= 15 is 0 Å². The van der Waals surface area contributed by atoms with Crippen LogP contribution >= 0.6 is 0 Å². The molecule has 0 bridgehead atoms. The molecule has 1 aromatic carbocycles. The normalized spacial score (nSPS) is 37.2. The van der Waals surface area contributed by atoms with Crippen LogP contribution in [0.4, 0.5) is 0 Å². The van der Waals surface area contributed by atoms with Gasteiger partial charge in [-0.05, 0) is 5.56 Å². The first kappa shape index (κ1) is 10.5. The van der Waals surface area contributed by atoms with E-state index in [4.69, 9.17) is 9.47 Å². The molecule has 2 aliphatic heterocycles. The monoisotopic (exact) mass is 234 g/mol. The lowest BCUT2D eigenvalue weighted by Gasteiger charge is -2.10. The lowest BCUT2D eigenvalue weighted by atomic mass is 10.1. The number of epoxide rings is 2. The van der Waals surface area contributed by atoms with Gasteiger partial charge in [-0.15, -0.1) is 0 Å². The standard InChI is InChI=1S/C13H18O2Si/c1-16(2,3)13-12(15-13)11-10(14-11)9-7-5-4-6-8-9/h4-8,10-13H,1-3H3/t10-,11+,12?,13?/m1/s1. The number of benzene rings is 1. The van der Waals surface area contributed by atoms with Crippen molar-refractivity contribution in [2.45, 2.75) is 43.7 Å². The maximum absolute atomic E-state index is 5.79. The van der Waals surface area contributed by atoms with Crippen molar-refractivity contribution < 1.29 is 9.47 Å². The molecule has 2 aliphatic rings. The van der Waals surface area contributed by atoms with Crippen LogP contribution in [0, 0.1) is 0 Å². The second kappa shape index (κ2) is 3.42. The van der Waals surface area contributed by atoms with Crippen LogP contribution in [-0.2, 0) is 9.47 Å². The van der Waals surface area contributed by atoms with E-state index in [0.29, 0.717) is 17.9 Å². The van der Waals surface area contributed by atoms with E-state index in [1.165, 1.54) is 5.56 Å². The fraction of sp³-hybridized carbons (Fsp3) is 0.538. The summed E-state index contributed by atoms with van der Waals surface area (Å²) in [6.45, 7) is 7.08. The van der Waals surface area contributed by atoms with Crippen LogP contribution in [0.2, 0.25) is 19.6 Å². The maximum atomic E-state index is 5.79. The Morgan fingerprint density at radius 2 is 1.62 bits per heavy atom. The van der Waals surface area contributed by atoms with Crippen LogP contribution in [0.3, 0.4) is 0 Å². The van der Waals surface area contributed by atoms with Gasteiger partial charge >= 0.3 is 0 Å². The highest BCUT2D eigenvalue weighted by Crippen LogP contribution is 2.49. The molecule has 2 unspecified atom stereocenters. The summed E-state index contributed by atoms with van der Waals surface area (Å²) in [6, 6.07) is 10.4. The summed E-state index contributed by atoms with van der Waals surface area (Å²) in [4.78, 5) is 0. The Hall–Kier alpha value is -0.643. The van der Waals surface area contributed by atoms with Crippen LogP contribution in [0.25, 0.3) is 0 Å². The van der Waals surface area contributed by atoms with Crippen LogP contribution in [-0.4, -0.2) is 26.0 Å². The third-order valence-electron chi connectivity index (χ3n) is 3.36. The first-order chi connectivity index (χ1) is 7.57. The van der Waals surface area contributed by atoms with Gasteiger partial charge in [0.15, 0.2) is 0 Å². The molecule has 86 valence electrons. The minimum atomic E-state index is -1.14. The fourth-order valence-electron chi connectivity index (χ4n) is 2.36. The summed E-state index contributed by atoms with van der Waals surface area (Å²) in [6.07, 6.45) is 0.976. The average Bonchev–Trinajstić information content (AvgIpc) is 3.10. The molecule has 2 fully saturated rings. The van der Waals surface area contributed by atoms with Crippen molar-refractivity contribution in [2.24, 2.45) is 0 Å². The molecule has 0 amide bonds. The molecule has 3 rings (SSSR count). The Morgan fingerprint density at radius 1 is 0.938 bits per heavy atom. The van der Waals surface area contributed by atoms with Crippen molar-refractivity contribution in [3.63, 3.8) is 0 Å². The van der Waals surface area contributed by atoms with Gasteiger partial charge in [-0.1, -0.05) is 50.0 Å². The van der Waals surface area contributed by atoms with Crippen molar-refractivity contribution in [3.8, 4) is 0 Å². The molecule has 0 radical (unpaired) electrons. The second-order valence-corrected chi connectivity index (χ2v) is 11.1. The van der Waals surface area contributed by atoms with Crippen molar-refractivity contribution in [1.29, 1.82) is 0 Å². The summed E-state index contributed by atoms with van der Waals surface area (Å²) in [7, 11) is -1.14. The summed E-state index contributed by atoms with van der Waals surface area (Å²) >= 11 is 0. The Kier molecular flexibility index (Phi) is 2.25. The molecular formula is C13H18O2Si. The Bertz CT molecular complexity index is 385. The summed E-state index contributed by atoms with van der Waals surface area (Å²) in [5, 5.41) is 0. The van der Waals surface area contributed by atoms with Crippen molar-refractivity contribution >= 4 is 8.07 Å². The molecule has 16 heavy (non-hydrogen) atoms. The zero-order valence-corrected chi connectivity index (χ0v) is 11.0. The first-order valence-electron chi connectivity index (χ1n) is 5.93. The van der Waals surface area contributed by atoms with Gasteiger partial charge in [-0.25, -0.2) is 0 Å². The highest BCUT2D eigenvalue weighted by Gasteiger charge is 2.61. The molecule has 0 aliphatic carbocycles. The first-order valence-corrected chi connectivity index (χ1v) is 9.51. The topological polar surface area (TPSA) is 25.1 Å². The van der Waals surface area contributed by atoms with Crippen LogP contribution in [0.15, 0.2) is 30.3 Å². The second-order valence-electron chi connectivity index (χ2n) is 5.82. The van der Waals surface area contributed by atoms with Crippen molar-refractivity contribution in [1.82, 2.24) is 0 Å². The van der Waals surface area contributed by atoms with E-state index in [9.17, 15) is 0 Å². The lowest BCUT2D eigenvalue weighted by molar-refractivity contribution is 0.313. The smallest absolute Gasteiger partial charge is 0.117 e. The third-order valence-corrected chi connectivity index (χ3v) is 5.53. The number of hydrogen-bond donors (Lipinski definition) is 0. The van der Waals surface area contributed by atoms with E-state index in [0.717, 1.165) is 0 Å². The van der Waals surface area contributed by atoms with Gasteiger partial charge in [-0.2, -0.15) is 0 Å². The fourth-order valence-corrected chi connectivity index (χ4v) is 4.10. The van der Waals surface area contributed by atoms with Crippen LogP contribution < -0.4 is 0 Å². The number of rotatable bonds is 3. The minimum Gasteiger partial charge on any atom is -0.370 e. The number of ether oxygens (including phenoxy) is 2. The minimum absolute atomic E-state index is 0.285. The third kappa shape index (κ3) is 1.83. The highest BCUT2D eigenvalue weighted by molar-refractivity contribution is 6.78. The van der Waals surface area contributed by atoms with Crippen LogP contribution in [0.1, 0.15) is 11.7 Å². The molecule has 0 saturated carbocycles. The van der Waals surface area contributed by atoms with E-state index in [1.807, 2.05) is 6.07 Å².